The van der Waals surface area contributed by atoms with Gasteiger partial charge in [0.2, 0.25) is 5.88 Å². The van der Waals surface area contributed by atoms with Crippen molar-refractivity contribution in [3.63, 3.8) is 0 Å². The average molecular weight is 378 g/mol. The molecule has 2 aliphatic heterocycles. The van der Waals surface area contributed by atoms with Crippen LogP contribution in [0, 0.1) is 5.92 Å². The second-order valence-electron chi connectivity index (χ2n) is 7.10. The Labute approximate surface area is 155 Å². The maximum absolute atomic E-state index is 13.0. The molecule has 4 heterocycles. The van der Waals surface area contributed by atoms with E-state index in [0.29, 0.717) is 30.2 Å². The van der Waals surface area contributed by atoms with Gasteiger partial charge in [0.1, 0.15) is 5.82 Å². The summed E-state index contributed by atoms with van der Waals surface area (Å²) >= 11 is 0. The van der Waals surface area contributed by atoms with Crippen molar-refractivity contribution in [2.24, 2.45) is 5.92 Å². The molecule has 4 rings (SSSR count). The summed E-state index contributed by atoms with van der Waals surface area (Å²) in [6, 6.07) is 6.34. The Bertz CT molecular complexity index is 796. The van der Waals surface area contributed by atoms with Crippen molar-refractivity contribution in [1.82, 2.24) is 14.9 Å². The minimum atomic E-state index is -4.35. The molecular formula is C19H21F3N4O. The van der Waals surface area contributed by atoms with Crippen LogP contribution < -0.4 is 9.64 Å². The number of likely N-dealkylation sites (tertiary alicyclic amines) is 1. The molecule has 8 heteroatoms. The fourth-order valence-electron chi connectivity index (χ4n) is 4.06. The van der Waals surface area contributed by atoms with Crippen LogP contribution in [0.3, 0.4) is 0 Å². The van der Waals surface area contributed by atoms with E-state index >= 15 is 0 Å². The summed E-state index contributed by atoms with van der Waals surface area (Å²) in [7, 11) is 1.59. The minimum absolute atomic E-state index is 0.323. The van der Waals surface area contributed by atoms with Gasteiger partial charge in [-0.3, -0.25) is 4.90 Å². The van der Waals surface area contributed by atoms with Crippen molar-refractivity contribution in [2.45, 2.75) is 25.2 Å². The number of rotatable bonds is 4. The van der Waals surface area contributed by atoms with Crippen LogP contribution in [0.25, 0.3) is 0 Å². The lowest BCUT2D eigenvalue weighted by molar-refractivity contribution is -0.137. The first-order chi connectivity index (χ1) is 12.9. The number of anilines is 1. The molecule has 2 saturated heterocycles. The van der Waals surface area contributed by atoms with E-state index in [1.54, 1.807) is 7.11 Å². The number of alkyl halides is 3. The molecule has 144 valence electrons. The van der Waals surface area contributed by atoms with Gasteiger partial charge in [0, 0.05) is 44.1 Å². The SMILES string of the molecule is COc1ccc(CN2CCC3CN(c4cc(C(F)(F)F)ccn4)CC32)cn1. The van der Waals surface area contributed by atoms with Crippen molar-refractivity contribution < 1.29 is 17.9 Å². The molecule has 27 heavy (non-hydrogen) atoms. The van der Waals surface area contributed by atoms with Crippen LogP contribution in [0.15, 0.2) is 36.7 Å². The van der Waals surface area contributed by atoms with Gasteiger partial charge < -0.3 is 9.64 Å². The van der Waals surface area contributed by atoms with Crippen molar-refractivity contribution in [2.75, 3.05) is 31.6 Å². The van der Waals surface area contributed by atoms with Crippen molar-refractivity contribution in [1.29, 1.82) is 0 Å². The van der Waals surface area contributed by atoms with E-state index in [1.165, 1.54) is 6.20 Å². The number of nitrogens with zero attached hydrogens (tertiary/aromatic N) is 4. The Morgan fingerprint density at radius 1 is 1.19 bits per heavy atom. The second kappa shape index (κ2) is 6.99. The Hall–Kier alpha value is -2.35. The molecule has 0 N–H and O–H groups in total. The highest BCUT2D eigenvalue weighted by Crippen LogP contribution is 2.36. The highest BCUT2D eigenvalue weighted by Gasteiger charge is 2.42. The number of hydrogen-bond donors (Lipinski definition) is 0. The maximum Gasteiger partial charge on any atom is 0.416 e. The van der Waals surface area contributed by atoms with Gasteiger partial charge in [-0.25, -0.2) is 9.97 Å². The summed E-state index contributed by atoms with van der Waals surface area (Å²) in [5, 5.41) is 0. The Morgan fingerprint density at radius 2 is 2.04 bits per heavy atom. The normalized spacial score (nSPS) is 22.9. The molecule has 0 bridgehead atoms. The third kappa shape index (κ3) is 3.71. The highest BCUT2D eigenvalue weighted by atomic mass is 19.4. The molecule has 2 atom stereocenters. The standard InChI is InChI=1S/C19H21F3N4O/c1-27-18-3-2-13(9-24-18)10-25-7-5-14-11-26(12-16(14)25)17-8-15(4-6-23-17)19(20,21)22/h2-4,6,8-9,14,16H,5,7,10-12H2,1H3. The zero-order valence-corrected chi connectivity index (χ0v) is 15.0. The van der Waals surface area contributed by atoms with Gasteiger partial charge in [-0.05, 0) is 36.6 Å². The molecule has 2 unspecified atom stereocenters. The Kier molecular flexibility index (Phi) is 4.67. The number of fused-ring (bicyclic) bond motifs is 1. The van der Waals surface area contributed by atoms with E-state index in [0.717, 1.165) is 43.8 Å². The third-order valence-electron chi connectivity index (χ3n) is 5.45. The molecule has 2 aromatic rings. The summed E-state index contributed by atoms with van der Waals surface area (Å²) in [6.07, 6.45) is -0.245. The zero-order chi connectivity index (χ0) is 19.0. The summed E-state index contributed by atoms with van der Waals surface area (Å²) in [5.74, 6) is 1.44. The van der Waals surface area contributed by atoms with Gasteiger partial charge in [-0.15, -0.1) is 0 Å². The third-order valence-corrected chi connectivity index (χ3v) is 5.45. The first-order valence-corrected chi connectivity index (χ1v) is 8.95. The smallest absolute Gasteiger partial charge is 0.416 e. The van der Waals surface area contributed by atoms with Gasteiger partial charge in [0.25, 0.3) is 0 Å². The molecule has 0 aliphatic carbocycles. The lowest BCUT2D eigenvalue weighted by Gasteiger charge is -2.25. The van der Waals surface area contributed by atoms with Gasteiger partial charge in [-0.1, -0.05) is 6.07 Å². The molecule has 0 saturated carbocycles. The van der Waals surface area contributed by atoms with Crippen LogP contribution in [0.2, 0.25) is 0 Å². The van der Waals surface area contributed by atoms with Crippen molar-refractivity contribution >= 4 is 5.82 Å². The van der Waals surface area contributed by atoms with Gasteiger partial charge >= 0.3 is 6.18 Å². The topological polar surface area (TPSA) is 41.5 Å². The second-order valence-corrected chi connectivity index (χ2v) is 7.10. The quantitative estimate of drug-likeness (QED) is 0.817. The number of pyridine rings is 2. The van der Waals surface area contributed by atoms with Crippen LogP contribution in [0.5, 0.6) is 5.88 Å². The molecule has 0 aromatic carbocycles. The predicted octanol–water partition coefficient (Wildman–Crippen LogP) is 3.21. The molecule has 2 fully saturated rings. The van der Waals surface area contributed by atoms with Crippen molar-refractivity contribution in [3.05, 3.63) is 47.8 Å². The molecule has 0 spiro atoms. The largest absolute Gasteiger partial charge is 0.481 e. The Balaban J connectivity index is 1.45. The summed E-state index contributed by atoms with van der Waals surface area (Å²) in [4.78, 5) is 12.8. The molecule has 0 radical (unpaired) electrons. The zero-order valence-electron chi connectivity index (χ0n) is 15.0. The first kappa shape index (κ1) is 18.0. The van der Waals surface area contributed by atoms with Crippen LogP contribution in [-0.2, 0) is 12.7 Å². The first-order valence-electron chi connectivity index (χ1n) is 8.95. The van der Waals surface area contributed by atoms with Crippen LogP contribution >= 0.6 is 0 Å². The van der Waals surface area contributed by atoms with E-state index in [1.807, 2.05) is 23.2 Å². The monoisotopic (exact) mass is 378 g/mol. The summed E-state index contributed by atoms with van der Waals surface area (Å²) in [5.41, 5.74) is 0.456. The van der Waals surface area contributed by atoms with E-state index in [-0.39, 0.29) is 0 Å². The van der Waals surface area contributed by atoms with E-state index in [4.69, 9.17) is 4.74 Å². The van der Waals surface area contributed by atoms with Gasteiger partial charge in [0.15, 0.2) is 0 Å². The lowest BCUT2D eigenvalue weighted by atomic mass is 10.1. The fourth-order valence-corrected chi connectivity index (χ4v) is 4.06. The van der Waals surface area contributed by atoms with Crippen LogP contribution in [-0.4, -0.2) is 47.7 Å². The van der Waals surface area contributed by atoms with E-state index in [2.05, 4.69) is 14.9 Å². The molecule has 5 nitrogen and oxygen atoms in total. The van der Waals surface area contributed by atoms with Crippen LogP contribution in [0.4, 0.5) is 19.0 Å². The Morgan fingerprint density at radius 3 is 2.74 bits per heavy atom. The van der Waals surface area contributed by atoms with Gasteiger partial charge in [-0.2, -0.15) is 13.2 Å². The van der Waals surface area contributed by atoms with Crippen LogP contribution in [0.1, 0.15) is 17.5 Å². The fraction of sp³-hybridized carbons (Fsp3) is 0.474. The lowest BCUT2D eigenvalue weighted by Crippen LogP contribution is -2.35. The predicted molar refractivity (Wildman–Crippen MR) is 94.5 cm³/mol. The number of halogens is 3. The highest BCUT2D eigenvalue weighted by molar-refractivity contribution is 5.44. The summed E-state index contributed by atoms with van der Waals surface area (Å²) < 4.78 is 44.0. The number of hydrogen-bond acceptors (Lipinski definition) is 5. The number of methoxy groups -OCH3 is 1. The number of aromatic nitrogens is 2. The molecular weight excluding hydrogens is 357 g/mol. The van der Waals surface area contributed by atoms with E-state index in [9.17, 15) is 13.2 Å². The summed E-state index contributed by atoms with van der Waals surface area (Å²) in [6.45, 7) is 3.21. The van der Waals surface area contributed by atoms with Crippen molar-refractivity contribution in [3.8, 4) is 5.88 Å². The molecule has 2 aliphatic rings. The number of ether oxygens (including phenoxy) is 1. The van der Waals surface area contributed by atoms with Gasteiger partial charge in [0.05, 0.1) is 12.7 Å². The average Bonchev–Trinajstić information content (AvgIpc) is 3.24. The van der Waals surface area contributed by atoms with E-state index < -0.39 is 11.7 Å². The molecule has 2 aromatic heterocycles. The maximum atomic E-state index is 13.0. The molecule has 0 amide bonds. The minimum Gasteiger partial charge on any atom is -0.481 e.